The van der Waals surface area contributed by atoms with Gasteiger partial charge < -0.3 is 20.1 Å². The average molecular weight is 347 g/mol. The Morgan fingerprint density at radius 1 is 1.17 bits per heavy atom. The first-order valence-corrected chi connectivity index (χ1v) is 8.15. The first kappa shape index (κ1) is 16.5. The number of anilines is 1. The number of carbonyl (C=O) groups excluding carboxylic acids is 1. The number of hydrogen-bond acceptors (Lipinski definition) is 4. The first-order chi connectivity index (χ1) is 11.6. The molecule has 1 amide bonds. The highest BCUT2D eigenvalue weighted by molar-refractivity contribution is 6.33. The summed E-state index contributed by atoms with van der Waals surface area (Å²) in [5.41, 5.74) is 2.90. The maximum atomic E-state index is 12.0. The zero-order chi connectivity index (χ0) is 16.9. The van der Waals surface area contributed by atoms with Gasteiger partial charge in [-0.1, -0.05) is 35.9 Å². The zero-order valence-corrected chi connectivity index (χ0v) is 14.2. The molecule has 0 saturated carbocycles. The smallest absolute Gasteiger partial charge is 0.239 e. The minimum absolute atomic E-state index is 0.107. The number of ether oxygens (including phenoxy) is 2. The Bertz CT molecular complexity index is 749. The van der Waals surface area contributed by atoms with Gasteiger partial charge in [0.15, 0.2) is 11.5 Å². The van der Waals surface area contributed by atoms with Crippen LogP contribution in [0.4, 0.5) is 5.69 Å². The summed E-state index contributed by atoms with van der Waals surface area (Å²) in [5, 5.41) is 6.42. The molecule has 0 unspecified atom stereocenters. The van der Waals surface area contributed by atoms with Crippen molar-refractivity contribution < 1.29 is 14.3 Å². The van der Waals surface area contributed by atoms with Crippen LogP contribution in [0, 0.1) is 6.92 Å². The standard InChI is InChI=1S/C18H19ClN2O3/c1-12-4-2-3-5-13(12)10-21-18(22)11-20-15-9-17-16(8-14(15)19)23-6-7-24-17/h2-5,8-9,20H,6-7,10-11H2,1H3,(H,21,22). The second-order valence-corrected chi connectivity index (χ2v) is 5.94. The molecule has 2 N–H and O–H groups in total. The molecule has 0 radical (unpaired) electrons. The highest BCUT2D eigenvalue weighted by Gasteiger charge is 2.15. The summed E-state index contributed by atoms with van der Waals surface area (Å²) < 4.78 is 11.0. The Kier molecular flexibility index (Phi) is 5.11. The van der Waals surface area contributed by atoms with Gasteiger partial charge in [-0.25, -0.2) is 0 Å². The molecule has 0 bridgehead atoms. The van der Waals surface area contributed by atoms with Gasteiger partial charge in [0, 0.05) is 18.7 Å². The molecule has 0 aliphatic carbocycles. The van der Waals surface area contributed by atoms with Gasteiger partial charge in [-0.05, 0) is 18.1 Å². The molecule has 24 heavy (non-hydrogen) atoms. The summed E-state index contributed by atoms with van der Waals surface area (Å²) >= 11 is 6.21. The molecule has 3 rings (SSSR count). The topological polar surface area (TPSA) is 59.6 Å². The Morgan fingerprint density at radius 2 is 1.88 bits per heavy atom. The van der Waals surface area contributed by atoms with Crippen molar-refractivity contribution in [1.82, 2.24) is 5.32 Å². The van der Waals surface area contributed by atoms with E-state index in [0.717, 1.165) is 11.1 Å². The fourth-order valence-electron chi connectivity index (χ4n) is 2.44. The predicted molar refractivity (Wildman–Crippen MR) is 94.0 cm³/mol. The van der Waals surface area contributed by atoms with E-state index in [1.165, 1.54) is 0 Å². The number of fused-ring (bicyclic) bond motifs is 1. The highest BCUT2D eigenvalue weighted by atomic mass is 35.5. The third-order valence-corrected chi connectivity index (χ3v) is 4.12. The summed E-state index contributed by atoms with van der Waals surface area (Å²) in [6, 6.07) is 11.4. The second kappa shape index (κ2) is 7.45. The van der Waals surface area contributed by atoms with E-state index in [1.807, 2.05) is 31.2 Å². The van der Waals surface area contributed by atoms with E-state index in [9.17, 15) is 4.79 Å². The van der Waals surface area contributed by atoms with E-state index >= 15 is 0 Å². The lowest BCUT2D eigenvalue weighted by Gasteiger charge is -2.20. The van der Waals surface area contributed by atoms with Crippen molar-refractivity contribution in [2.24, 2.45) is 0 Å². The number of hydrogen-bond donors (Lipinski definition) is 2. The Hall–Kier alpha value is -2.40. The van der Waals surface area contributed by atoms with Crippen LogP contribution in [0.1, 0.15) is 11.1 Å². The number of nitrogens with one attached hydrogen (secondary N) is 2. The van der Waals surface area contributed by atoms with Gasteiger partial charge in [-0.3, -0.25) is 4.79 Å². The van der Waals surface area contributed by atoms with Crippen molar-refractivity contribution >= 4 is 23.2 Å². The van der Waals surface area contributed by atoms with Crippen molar-refractivity contribution in [1.29, 1.82) is 0 Å². The minimum Gasteiger partial charge on any atom is -0.486 e. The Balaban J connectivity index is 1.55. The molecular formula is C18H19ClN2O3. The minimum atomic E-state index is -0.107. The number of benzene rings is 2. The van der Waals surface area contributed by atoms with Gasteiger partial charge in [0.25, 0.3) is 0 Å². The molecular weight excluding hydrogens is 328 g/mol. The number of carbonyl (C=O) groups is 1. The molecule has 1 aliphatic rings. The fraction of sp³-hybridized carbons (Fsp3) is 0.278. The normalized spacial score (nSPS) is 12.6. The maximum Gasteiger partial charge on any atom is 0.239 e. The van der Waals surface area contributed by atoms with Gasteiger partial charge in [0.1, 0.15) is 13.2 Å². The molecule has 5 nitrogen and oxygen atoms in total. The van der Waals surface area contributed by atoms with Crippen molar-refractivity contribution in [2.75, 3.05) is 25.1 Å². The summed E-state index contributed by atoms with van der Waals surface area (Å²) in [6.45, 7) is 3.67. The number of halogens is 1. The summed E-state index contributed by atoms with van der Waals surface area (Å²) in [4.78, 5) is 12.0. The van der Waals surface area contributed by atoms with Crippen LogP contribution < -0.4 is 20.1 Å². The predicted octanol–water partition coefficient (Wildman–Crippen LogP) is 3.15. The Morgan fingerprint density at radius 3 is 2.62 bits per heavy atom. The van der Waals surface area contributed by atoms with Gasteiger partial charge in [0.2, 0.25) is 5.91 Å². The summed E-state index contributed by atoms with van der Waals surface area (Å²) in [7, 11) is 0. The van der Waals surface area contributed by atoms with E-state index < -0.39 is 0 Å². The van der Waals surface area contributed by atoms with Crippen LogP contribution in [-0.4, -0.2) is 25.7 Å². The van der Waals surface area contributed by atoms with Crippen molar-refractivity contribution in [2.45, 2.75) is 13.5 Å². The number of amides is 1. The van der Waals surface area contributed by atoms with Crippen LogP contribution in [0.5, 0.6) is 11.5 Å². The van der Waals surface area contributed by atoms with Gasteiger partial charge in [0.05, 0.1) is 17.3 Å². The Labute approximate surface area is 145 Å². The van der Waals surface area contributed by atoms with Gasteiger partial charge in [-0.15, -0.1) is 0 Å². The van der Waals surface area contributed by atoms with Crippen LogP contribution in [-0.2, 0) is 11.3 Å². The van der Waals surface area contributed by atoms with Crippen LogP contribution in [0.2, 0.25) is 5.02 Å². The summed E-state index contributed by atoms with van der Waals surface area (Å²) in [6.07, 6.45) is 0. The molecule has 0 atom stereocenters. The lowest BCUT2D eigenvalue weighted by Crippen LogP contribution is -2.29. The number of rotatable bonds is 5. The van der Waals surface area contributed by atoms with Crippen LogP contribution >= 0.6 is 11.6 Å². The average Bonchev–Trinajstić information content (AvgIpc) is 2.59. The van der Waals surface area contributed by atoms with Crippen LogP contribution in [0.3, 0.4) is 0 Å². The zero-order valence-electron chi connectivity index (χ0n) is 13.4. The van der Waals surface area contributed by atoms with E-state index in [-0.39, 0.29) is 12.5 Å². The molecule has 0 aromatic heterocycles. The van der Waals surface area contributed by atoms with Crippen molar-refractivity contribution in [3.8, 4) is 11.5 Å². The van der Waals surface area contributed by atoms with E-state index in [1.54, 1.807) is 12.1 Å². The van der Waals surface area contributed by atoms with Crippen molar-refractivity contribution in [3.63, 3.8) is 0 Å². The van der Waals surface area contributed by atoms with E-state index in [2.05, 4.69) is 10.6 Å². The lowest BCUT2D eigenvalue weighted by atomic mass is 10.1. The molecule has 6 heteroatoms. The molecule has 0 fully saturated rings. The molecule has 0 spiro atoms. The fourth-order valence-corrected chi connectivity index (χ4v) is 2.66. The van der Waals surface area contributed by atoms with Gasteiger partial charge in [-0.2, -0.15) is 0 Å². The third kappa shape index (κ3) is 3.92. The van der Waals surface area contributed by atoms with Crippen LogP contribution in [0.25, 0.3) is 0 Å². The molecule has 126 valence electrons. The molecule has 2 aromatic carbocycles. The SMILES string of the molecule is Cc1ccccc1CNC(=O)CNc1cc2c(cc1Cl)OCCO2. The van der Waals surface area contributed by atoms with Crippen molar-refractivity contribution in [3.05, 3.63) is 52.5 Å². The quantitative estimate of drug-likeness (QED) is 0.873. The molecule has 2 aromatic rings. The molecule has 1 heterocycles. The van der Waals surface area contributed by atoms with E-state index in [4.69, 9.17) is 21.1 Å². The second-order valence-electron chi connectivity index (χ2n) is 5.53. The van der Waals surface area contributed by atoms with Gasteiger partial charge >= 0.3 is 0 Å². The third-order valence-electron chi connectivity index (χ3n) is 3.81. The summed E-state index contributed by atoms with van der Waals surface area (Å²) in [5.74, 6) is 1.15. The molecule has 1 aliphatic heterocycles. The monoisotopic (exact) mass is 346 g/mol. The maximum absolute atomic E-state index is 12.0. The molecule has 0 saturated heterocycles. The lowest BCUT2D eigenvalue weighted by molar-refractivity contribution is -0.119. The van der Waals surface area contributed by atoms with Crippen LogP contribution in [0.15, 0.2) is 36.4 Å². The first-order valence-electron chi connectivity index (χ1n) is 7.77. The largest absolute Gasteiger partial charge is 0.486 e. The highest BCUT2D eigenvalue weighted by Crippen LogP contribution is 2.37. The number of aryl methyl sites for hydroxylation is 1. The van der Waals surface area contributed by atoms with E-state index in [0.29, 0.717) is 42.0 Å².